The van der Waals surface area contributed by atoms with E-state index in [1.807, 2.05) is 0 Å². The van der Waals surface area contributed by atoms with Crippen LogP contribution in [0.5, 0.6) is 0 Å². The topological polar surface area (TPSA) is 54.2 Å². The van der Waals surface area contributed by atoms with E-state index in [4.69, 9.17) is 4.52 Å². The highest BCUT2D eigenvalue weighted by molar-refractivity contribution is 5.19. The van der Waals surface area contributed by atoms with Gasteiger partial charge in [-0.2, -0.15) is 4.98 Å². The highest BCUT2D eigenvalue weighted by Crippen LogP contribution is 2.18. The Labute approximate surface area is 115 Å². The van der Waals surface area contributed by atoms with Gasteiger partial charge in [-0.25, -0.2) is 0 Å². The van der Waals surface area contributed by atoms with Gasteiger partial charge in [0.1, 0.15) is 0 Å². The van der Waals surface area contributed by atoms with Crippen molar-refractivity contribution in [1.29, 1.82) is 0 Å². The van der Waals surface area contributed by atoms with Crippen molar-refractivity contribution >= 4 is 6.01 Å². The van der Waals surface area contributed by atoms with Crippen LogP contribution in [0.3, 0.4) is 0 Å². The molecule has 2 rings (SSSR count). The van der Waals surface area contributed by atoms with Crippen LogP contribution in [0.25, 0.3) is 0 Å². The predicted molar refractivity (Wildman–Crippen MR) is 76.3 cm³/mol. The average Bonchev–Trinajstić information content (AvgIpc) is 2.85. The van der Waals surface area contributed by atoms with Gasteiger partial charge in [-0.1, -0.05) is 25.9 Å². The number of nitrogens with zero attached hydrogens (tertiary/aromatic N) is 3. The molecule has 108 valence electrons. The third kappa shape index (κ3) is 3.93. The molecule has 5 nitrogen and oxygen atoms in total. The monoisotopic (exact) mass is 266 g/mol. The lowest BCUT2D eigenvalue weighted by atomic mass is 9.99. The summed E-state index contributed by atoms with van der Waals surface area (Å²) in [5.41, 5.74) is 0. The zero-order valence-electron chi connectivity index (χ0n) is 12.5. The highest BCUT2D eigenvalue weighted by Gasteiger charge is 2.21. The third-order valence-electron chi connectivity index (χ3n) is 3.82. The molecule has 1 N–H and O–H groups in total. The highest BCUT2D eigenvalue weighted by atomic mass is 16.5. The van der Waals surface area contributed by atoms with Crippen LogP contribution in [0, 0.1) is 5.92 Å². The van der Waals surface area contributed by atoms with Crippen LogP contribution in [-0.2, 0) is 0 Å². The van der Waals surface area contributed by atoms with Gasteiger partial charge < -0.3 is 9.84 Å². The Morgan fingerprint density at radius 3 is 2.84 bits per heavy atom. The largest absolute Gasteiger partial charge is 0.336 e. The van der Waals surface area contributed by atoms with Gasteiger partial charge in [0.15, 0.2) is 5.82 Å². The van der Waals surface area contributed by atoms with E-state index in [0.717, 1.165) is 18.3 Å². The quantitative estimate of drug-likeness (QED) is 0.888. The second kappa shape index (κ2) is 6.37. The van der Waals surface area contributed by atoms with Gasteiger partial charge in [0.25, 0.3) is 0 Å². The molecule has 0 radical (unpaired) electrons. The molecule has 1 aliphatic rings. The molecule has 1 aromatic rings. The number of hydrogen-bond donors (Lipinski definition) is 1. The first-order chi connectivity index (χ1) is 9.06. The summed E-state index contributed by atoms with van der Waals surface area (Å²) >= 11 is 0. The summed E-state index contributed by atoms with van der Waals surface area (Å²) in [7, 11) is 0. The van der Waals surface area contributed by atoms with Gasteiger partial charge in [-0.05, 0) is 32.2 Å². The van der Waals surface area contributed by atoms with Gasteiger partial charge >= 0.3 is 6.01 Å². The number of likely N-dealkylation sites (tertiary alicyclic amines) is 1. The minimum Gasteiger partial charge on any atom is -0.336 e. The average molecular weight is 266 g/mol. The van der Waals surface area contributed by atoms with E-state index in [1.165, 1.54) is 25.9 Å². The van der Waals surface area contributed by atoms with Crippen molar-refractivity contribution in [3.05, 3.63) is 5.82 Å². The first-order valence-electron chi connectivity index (χ1n) is 7.37. The van der Waals surface area contributed by atoms with Gasteiger partial charge in [0, 0.05) is 25.0 Å². The molecule has 1 fully saturated rings. The number of piperidine rings is 1. The fourth-order valence-corrected chi connectivity index (χ4v) is 2.53. The Morgan fingerprint density at radius 2 is 2.21 bits per heavy atom. The van der Waals surface area contributed by atoms with Crippen molar-refractivity contribution in [3.8, 4) is 0 Å². The van der Waals surface area contributed by atoms with Crippen molar-refractivity contribution in [2.24, 2.45) is 5.92 Å². The molecular formula is C14H26N4O. The molecule has 0 aliphatic carbocycles. The predicted octanol–water partition coefficient (Wildman–Crippen LogP) is 2.73. The van der Waals surface area contributed by atoms with E-state index in [0.29, 0.717) is 18.0 Å². The van der Waals surface area contributed by atoms with Crippen LogP contribution >= 0.6 is 0 Å². The molecule has 0 bridgehead atoms. The Hall–Kier alpha value is -1.10. The van der Waals surface area contributed by atoms with Crippen LogP contribution in [-0.4, -0.2) is 40.7 Å². The minimum atomic E-state index is 0.305. The van der Waals surface area contributed by atoms with E-state index in [2.05, 4.69) is 48.1 Å². The number of hydrogen-bond acceptors (Lipinski definition) is 5. The Kier molecular flexibility index (Phi) is 4.80. The fraction of sp³-hybridized carbons (Fsp3) is 0.857. The lowest BCUT2D eigenvalue weighted by Gasteiger charge is -2.35. The summed E-state index contributed by atoms with van der Waals surface area (Å²) in [6.07, 6.45) is 2.67. The van der Waals surface area contributed by atoms with Crippen molar-refractivity contribution in [1.82, 2.24) is 15.0 Å². The van der Waals surface area contributed by atoms with Crippen LogP contribution in [0.1, 0.15) is 52.3 Å². The summed E-state index contributed by atoms with van der Waals surface area (Å²) < 4.78 is 5.19. The fourth-order valence-electron chi connectivity index (χ4n) is 2.53. The number of rotatable bonds is 5. The van der Waals surface area contributed by atoms with E-state index < -0.39 is 0 Å². The van der Waals surface area contributed by atoms with Gasteiger partial charge in [0.05, 0.1) is 0 Å². The van der Waals surface area contributed by atoms with Gasteiger partial charge in [0.2, 0.25) is 0 Å². The normalized spacial score (nSPS) is 22.7. The maximum absolute atomic E-state index is 5.19. The van der Waals surface area contributed by atoms with E-state index >= 15 is 0 Å². The summed E-state index contributed by atoms with van der Waals surface area (Å²) in [5.74, 6) is 1.88. The molecular weight excluding hydrogens is 240 g/mol. The molecule has 0 amide bonds. The van der Waals surface area contributed by atoms with E-state index in [1.54, 1.807) is 0 Å². The maximum atomic E-state index is 5.19. The molecule has 1 aromatic heterocycles. The van der Waals surface area contributed by atoms with E-state index in [-0.39, 0.29) is 0 Å². The minimum absolute atomic E-state index is 0.305. The first kappa shape index (κ1) is 14.3. The number of anilines is 1. The zero-order valence-corrected chi connectivity index (χ0v) is 12.5. The Morgan fingerprint density at radius 1 is 1.42 bits per heavy atom. The lowest BCUT2D eigenvalue weighted by Crippen LogP contribution is -2.43. The molecule has 5 heteroatoms. The smallest absolute Gasteiger partial charge is 0.321 e. The molecule has 0 spiro atoms. The summed E-state index contributed by atoms with van der Waals surface area (Å²) in [4.78, 5) is 6.88. The molecule has 2 unspecified atom stereocenters. The molecule has 1 aliphatic heterocycles. The van der Waals surface area contributed by atoms with Crippen LogP contribution in [0.4, 0.5) is 6.01 Å². The van der Waals surface area contributed by atoms with Gasteiger partial charge in [-0.15, -0.1) is 0 Å². The van der Waals surface area contributed by atoms with Crippen molar-refractivity contribution in [2.75, 3.05) is 25.0 Å². The third-order valence-corrected chi connectivity index (χ3v) is 3.82. The van der Waals surface area contributed by atoms with Crippen molar-refractivity contribution < 1.29 is 4.52 Å². The van der Waals surface area contributed by atoms with Crippen molar-refractivity contribution in [3.63, 3.8) is 0 Å². The standard InChI is InChI=1S/C14H26N4O/c1-10(2)13-16-14(19-17-13)15-8-12(4)18-7-5-6-11(3)9-18/h10-12H,5-9H2,1-4H3,(H,15,16,17). The Balaban J connectivity index is 1.80. The van der Waals surface area contributed by atoms with E-state index in [9.17, 15) is 0 Å². The molecule has 2 atom stereocenters. The molecule has 19 heavy (non-hydrogen) atoms. The SMILES string of the molecule is CC1CCCN(C(C)CNc2nc(C(C)C)no2)C1. The lowest BCUT2D eigenvalue weighted by molar-refractivity contribution is 0.144. The second-order valence-corrected chi connectivity index (χ2v) is 6.08. The Bertz CT molecular complexity index is 391. The first-order valence-corrected chi connectivity index (χ1v) is 7.37. The zero-order chi connectivity index (χ0) is 13.8. The molecule has 0 saturated carbocycles. The van der Waals surface area contributed by atoms with Gasteiger partial charge in [-0.3, -0.25) is 4.90 Å². The number of aromatic nitrogens is 2. The summed E-state index contributed by atoms with van der Waals surface area (Å²) in [6, 6.07) is 1.04. The maximum Gasteiger partial charge on any atom is 0.321 e. The second-order valence-electron chi connectivity index (χ2n) is 6.08. The molecule has 0 aromatic carbocycles. The van der Waals surface area contributed by atoms with Crippen LogP contribution in [0.2, 0.25) is 0 Å². The summed E-state index contributed by atoms with van der Waals surface area (Å²) in [5, 5.41) is 7.21. The number of nitrogens with one attached hydrogen (secondary N) is 1. The van der Waals surface area contributed by atoms with Crippen molar-refractivity contribution in [2.45, 2.75) is 52.5 Å². The molecule has 1 saturated heterocycles. The summed E-state index contributed by atoms with van der Waals surface area (Å²) in [6.45, 7) is 12.0. The van der Waals surface area contributed by atoms with Crippen LogP contribution in [0.15, 0.2) is 4.52 Å². The van der Waals surface area contributed by atoms with Crippen LogP contribution < -0.4 is 5.32 Å². The molecule has 2 heterocycles.